The minimum absolute atomic E-state index is 0.270. The predicted octanol–water partition coefficient (Wildman–Crippen LogP) is 6.14. The van der Waals surface area contributed by atoms with Gasteiger partial charge in [0.25, 0.3) is 0 Å². The highest BCUT2D eigenvalue weighted by Crippen LogP contribution is 2.31. The van der Waals surface area contributed by atoms with Gasteiger partial charge < -0.3 is 5.32 Å². The van der Waals surface area contributed by atoms with Crippen molar-refractivity contribution in [2.24, 2.45) is 0 Å². The number of thioether (sulfide) groups is 1. The normalized spacial score (nSPS) is 10.7. The van der Waals surface area contributed by atoms with E-state index in [-0.39, 0.29) is 5.82 Å². The number of nitriles is 1. The van der Waals surface area contributed by atoms with Gasteiger partial charge in [-0.15, -0.1) is 5.10 Å². The van der Waals surface area contributed by atoms with E-state index in [1.807, 2.05) is 67.7 Å². The molecule has 0 radical (unpaired) electrons. The Bertz CT molecular complexity index is 1540. The first kappa shape index (κ1) is 24.2. The molecule has 0 unspecified atom stereocenters. The van der Waals surface area contributed by atoms with Gasteiger partial charge in [-0.2, -0.15) is 5.26 Å². The molecular weight excluding hydrogens is 485 g/mol. The zero-order valence-electron chi connectivity index (χ0n) is 20.0. The van der Waals surface area contributed by atoms with Gasteiger partial charge in [0, 0.05) is 23.2 Å². The molecule has 5 aromatic rings. The summed E-state index contributed by atoms with van der Waals surface area (Å²) in [6.45, 7) is 2.52. The molecule has 0 aliphatic carbocycles. The van der Waals surface area contributed by atoms with Crippen LogP contribution < -0.4 is 5.32 Å². The predicted molar refractivity (Wildman–Crippen MR) is 142 cm³/mol. The maximum atomic E-state index is 13.2. The standard InChI is InChI=1S/C28H22FN7S/c1-19-7-13-23(14-8-19)31-27-25(15-30)26(21-5-3-2-4-6-21)32-28(33-27)37-18-24-17-36(35-34-24)16-20-9-11-22(29)12-10-20/h2-14,17H,16,18H2,1H3,(H,31,32,33). The molecule has 1 N–H and O–H groups in total. The van der Waals surface area contributed by atoms with Gasteiger partial charge in [-0.1, -0.05) is 77.1 Å². The van der Waals surface area contributed by atoms with Crippen molar-refractivity contribution in [2.75, 3.05) is 5.32 Å². The molecule has 5 rings (SSSR count). The summed E-state index contributed by atoms with van der Waals surface area (Å²) in [5.74, 6) is 0.670. The zero-order chi connectivity index (χ0) is 25.6. The Morgan fingerprint density at radius 2 is 1.73 bits per heavy atom. The van der Waals surface area contributed by atoms with Crippen LogP contribution in [0, 0.1) is 24.1 Å². The van der Waals surface area contributed by atoms with Crippen LogP contribution in [0.2, 0.25) is 0 Å². The van der Waals surface area contributed by atoms with Gasteiger partial charge in [-0.3, -0.25) is 0 Å². The number of rotatable bonds is 8. The Morgan fingerprint density at radius 3 is 2.46 bits per heavy atom. The molecule has 3 aromatic carbocycles. The molecule has 2 aromatic heterocycles. The van der Waals surface area contributed by atoms with Gasteiger partial charge in [-0.05, 0) is 36.8 Å². The average molecular weight is 508 g/mol. The topological polar surface area (TPSA) is 92.3 Å². The third kappa shape index (κ3) is 6.00. The molecule has 0 fully saturated rings. The van der Waals surface area contributed by atoms with Crippen LogP contribution in [-0.4, -0.2) is 25.0 Å². The van der Waals surface area contributed by atoms with Crippen molar-refractivity contribution in [3.63, 3.8) is 0 Å². The number of halogens is 1. The molecule has 0 saturated carbocycles. The van der Waals surface area contributed by atoms with Gasteiger partial charge in [0.15, 0.2) is 11.0 Å². The van der Waals surface area contributed by atoms with Crippen molar-refractivity contribution in [2.45, 2.75) is 24.4 Å². The fraction of sp³-hybridized carbons (Fsp3) is 0.107. The van der Waals surface area contributed by atoms with Crippen LogP contribution >= 0.6 is 11.8 Å². The summed E-state index contributed by atoms with van der Waals surface area (Å²) in [5, 5.41) is 22.2. The molecule has 9 heteroatoms. The number of aromatic nitrogens is 5. The summed E-state index contributed by atoms with van der Waals surface area (Å²) < 4.78 is 14.9. The third-order valence-electron chi connectivity index (χ3n) is 5.55. The molecule has 0 bridgehead atoms. The van der Waals surface area contributed by atoms with E-state index in [1.54, 1.807) is 16.8 Å². The van der Waals surface area contributed by atoms with E-state index in [0.29, 0.717) is 34.5 Å². The van der Waals surface area contributed by atoms with E-state index in [0.717, 1.165) is 28.1 Å². The van der Waals surface area contributed by atoms with Gasteiger partial charge >= 0.3 is 0 Å². The summed E-state index contributed by atoms with van der Waals surface area (Å²) in [5.41, 5.74) is 5.44. The summed E-state index contributed by atoms with van der Waals surface area (Å²) in [4.78, 5) is 9.40. The van der Waals surface area contributed by atoms with Crippen molar-refractivity contribution >= 4 is 23.3 Å². The highest BCUT2D eigenvalue weighted by Gasteiger charge is 2.17. The Morgan fingerprint density at radius 1 is 0.973 bits per heavy atom. The van der Waals surface area contributed by atoms with E-state index in [1.165, 1.54) is 23.9 Å². The Labute approximate surface area is 218 Å². The fourth-order valence-electron chi connectivity index (χ4n) is 3.68. The molecule has 0 atom stereocenters. The van der Waals surface area contributed by atoms with Gasteiger partial charge in [0.05, 0.1) is 17.9 Å². The maximum Gasteiger partial charge on any atom is 0.190 e. The minimum atomic E-state index is -0.270. The van der Waals surface area contributed by atoms with Crippen molar-refractivity contribution < 1.29 is 4.39 Å². The number of nitrogens with zero attached hydrogens (tertiary/aromatic N) is 6. The molecule has 0 amide bonds. The highest BCUT2D eigenvalue weighted by atomic mass is 32.2. The lowest BCUT2D eigenvalue weighted by Gasteiger charge is -2.13. The molecule has 0 saturated heterocycles. The van der Waals surface area contributed by atoms with E-state index in [9.17, 15) is 9.65 Å². The number of anilines is 2. The molecular formula is C28H22FN7S. The minimum Gasteiger partial charge on any atom is -0.339 e. The second-order valence-electron chi connectivity index (χ2n) is 8.37. The average Bonchev–Trinajstić information content (AvgIpc) is 3.37. The lowest BCUT2D eigenvalue weighted by atomic mass is 10.1. The lowest BCUT2D eigenvalue weighted by Crippen LogP contribution is -2.03. The number of hydrogen-bond donors (Lipinski definition) is 1. The molecule has 0 spiro atoms. The summed E-state index contributed by atoms with van der Waals surface area (Å²) in [7, 11) is 0. The lowest BCUT2D eigenvalue weighted by molar-refractivity contribution is 0.621. The number of aryl methyl sites for hydroxylation is 1. The Balaban J connectivity index is 1.40. The second-order valence-corrected chi connectivity index (χ2v) is 9.31. The van der Waals surface area contributed by atoms with Crippen molar-refractivity contribution in [1.82, 2.24) is 25.0 Å². The van der Waals surface area contributed by atoms with E-state index < -0.39 is 0 Å². The summed E-state index contributed by atoms with van der Waals surface area (Å²) in [6.07, 6.45) is 1.85. The van der Waals surface area contributed by atoms with Crippen molar-refractivity contribution in [1.29, 1.82) is 5.26 Å². The number of nitrogens with one attached hydrogen (secondary N) is 1. The first-order valence-electron chi connectivity index (χ1n) is 11.5. The SMILES string of the molecule is Cc1ccc(Nc2nc(SCc3cn(Cc4ccc(F)cc4)nn3)nc(-c3ccccc3)c2C#N)cc1. The van der Waals surface area contributed by atoms with Crippen LogP contribution in [0.15, 0.2) is 90.2 Å². The zero-order valence-corrected chi connectivity index (χ0v) is 20.8. The van der Waals surface area contributed by atoms with Gasteiger partial charge in [0.2, 0.25) is 0 Å². The van der Waals surface area contributed by atoms with Gasteiger partial charge in [0.1, 0.15) is 17.4 Å². The van der Waals surface area contributed by atoms with Crippen LogP contribution in [0.3, 0.4) is 0 Å². The van der Waals surface area contributed by atoms with Crippen LogP contribution in [0.1, 0.15) is 22.4 Å². The van der Waals surface area contributed by atoms with Gasteiger partial charge in [-0.25, -0.2) is 19.0 Å². The molecule has 0 aliphatic rings. The summed E-state index contributed by atoms with van der Waals surface area (Å²) >= 11 is 1.41. The molecule has 0 aliphatic heterocycles. The monoisotopic (exact) mass is 507 g/mol. The smallest absolute Gasteiger partial charge is 0.190 e. The van der Waals surface area contributed by atoms with Crippen LogP contribution in [0.4, 0.5) is 15.9 Å². The first-order chi connectivity index (χ1) is 18.1. The van der Waals surface area contributed by atoms with Crippen LogP contribution in [0.25, 0.3) is 11.3 Å². The molecule has 37 heavy (non-hydrogen) atoms. The molecule has 182 valence electrons. The van der Waals surface area contributed by atoms with E-state index in [4.69, 9.17) is 4.98 Å². The quantitative estimate of drug-likeness (QED) is 0.199. The number of benzene rings is 3. The first-order valence-corrected chi connectivity index (χ1v) is 12.5. The summed E-state index contributed by atoms with van der Waals surface area (Å²) in [6, 6.07) is 26.1. The number of hydrogen-bond acceptors (Lipinski definition) is 7. The van der Waals surface area contributed by atoms with E-state index in [2.05, 4.69) is 26.7 Å². The highest BCUT2D eigenvalue weighted by molar-refractivity contribution is 7.98. The van der Waals surface area contributed by atoms with Crippen LogP contribution in [0.5, 0.6) is 0 Å². The maximum absolute atomic E-state index is 13.2. The molecule has 7 nitrogen and oxygen atoms in total. The van der Waals surface area contributed by atoms with Crippen molar-refractivity contribution in [3.05, 3.63) is 113 Å². The fourth-order valence-corrected chi connectivity index (χ4v) is 4.40. The van der Waals surface area contributed by atoms with Crippen molar-refractivity contribution in [3.8, 4) is 17.3 Å². The Kier molecular flexibility index (Phi) is 7.19. The van der Waals surface area contributed by atoms with E-state index >= 15 is 0 Å². The second kappa shape index (κ2) is 11.0. The molecule has 2 heterocycles. The largest absolute Gasteiger partial charge is 0.339 e. The van der Waals surface area contributed by atoms with Crippen LogP contribution in [-0.2, 0) is 12.3 Å². The third-order valence-corrected chi connectivity index (χ3v) is 6.44. The Hall–Kier alpha value is -4.55.